The van der Waals surface area contributed by atoms with Gasteiger partial charge in [0, 0.05) is 16.7 Å². The van der Waals surface area contributed by atoms with Gasteiger partial charge in [0.1, 0.15) is 29.6 Å². The molecule has 1 N–H and O–H groups in total. The quantitative estimate of drug-likeness (QED) is 0.410. The van der Waals surface area contributed by atoms with Gasteiger partial charge in [-0.25, -0.2) is 26.3 Å². The lowest BCUT2D eigenvalue weighted by molar-refractivity contribution is -0.122. The fourth-order valence-corrected chi connectivity index (χ4v) is 3.60. The molecular weight excluding hydrogens is 506 g/mol. The Hall–Kier alpha value is -2.89. The monoisotopic (exact) mass is 520 g/mol. The van der Waals surface area contributed by atoms with E-state index in [9.17, 15) is 31.1 Å². The lowest BCUT2D eigenvalue weighted by Gasteiger charge is -2.20. The van der Waals surface area contributed by atoms with Gasteiger partial charge < -0.3 is 5.32 Å². The molecule has 3 rings (SSSR count). The van der Waals surface area contributed by atoms with Gasteiger partial charge >= 0.3 is 0 Å². The van der Waals surface area contributed by atoms with E-state index in [0.29, 0.717) is 27.0 Å². The molecule has 1 atom stereocenters. The molecule has 0 aliphatic carbocycles. The average molecular weight is 521 g/mol. The van der Waals surface area contributed by atoms with E-state index in [1.54, 1.807) is 12.1 Å². The summed E-state index contributed by atoms with van der Waals surface area (Å²) in [6.45, 7) is -0.773. The first-order chi connectivity index (χ1) is 15.1. The van der Waals surface area contributed by atoms with Crippen molar-refractivity contribution in [2.24, 2.45) is 0 Å². The van der Waals surface area contributed by atoms with E-state index < -0.39 is 54.4 Å². The number of pyridine rings is 1. The largest absolute Gasteiger partial charge is 0.346 e. The molecule has 0 radical (unpaired) electrons. The second-order valence-electron chi connectivity index (χ2n) is 6.73. The van der Waals surface area contributed by atoms with Gasteiger partial charge in [-0.15, -0.1) is 0 Å². The summed E-state index contributed by atoms with van der Waals surface area (Å²) < 4.78 is 80.2. The molecule has 32 heavy (non-hydrogen) atoms. The van der Waals surface area contributed by atoms with Gasteiger partial charge in [0.2, 0.25) is 5.91 Å². The Morgan fingerprint density at radius 1 is 1.06 bits per heavy atom. The van der Waals surface area contributed by atoms with Gasteiger partial charge in [-0.1, -0.05) is 0 Å². The van der Waals surface area contributed by atoms with Crippen LogP contribution in [0.1, 0.15) is 41.5 Å². The number of amides is 1. The minimum Gasteiger partial charge on any atom is -0.346 e. The number of rotatable bonds is 8. The number of alkyl halides is 4. The Labute approximate surface area is 186 Å². The SMILES string of the molecule is O=C(Cn1nc(C(F)F)cc1C(F)F)N[C@@H](Cc1cc(F)cc(F)c1)c1ncccc1Br. The number of hydrogen-bond acceptors (Lipinski definition) is 3. The van der Waals surface area contributed by atoms with Crippen LogP contribution in [0.25, 0.3) is 0 Å². The van der Waals surface area contributed by atoms with Crippen molar-refractivity contribution in [2.75, 3.05) is 0 Å². The molecule has 12 heteroatoms. The number of nitrogens with zero attached hydrogens (tertiary/aromatic N) is 3. The molecule has 0 spiro atoms. The molecule has 3 aromatic rings. The molecule has 0 saturated heterocycles. The normalized spacial score (nSPS) is 12.4. The fourth-order valence-electron chi connectivity index (χ4n) is 3.07. The molecule has 170 valence electrons. The summed E-state index contributed by atoms with van der Waals surface area (Å²) in [6, 6.07) is 5.71. The molecule has 5 nitrogen and oxygen atoms in total. The smallest absolute Gasteiger partial charge is 0.282 e. The van der Waals surface area contributed by atoms with E-state index in [-0.39, 0.29) is 12.0 Å². The van der Waals surface area contributed by atoms with Crippen molar-refractivity contribution >= 4 is 21.8 Å². The van der Waals surface area contributed by atoms with Crippen LogP contribution in [-0.2, 0) is 17.8 Å². The van der Waals surface area contributed by atoms with Gasteiger partial charge in [-0.05, 0) is 58.2 Å². The second kappa shape index (κ2) is 10.2. The highest BCUT2D eigenvalue weighted by molar-refractivity contribution is 9.10. The van der Waals surface area contributed by atoms with E-state index >= 15 is 0 Å². The minimum atomic E-state index is -3.13. The topological polar surface area (TPSA) is 59.8 Å². The number of carbonyl (C=O) groups excluding carboxylic acids is 1. The number of nitrogens with one attached hydrogen (secondary N) is 1. The highest BCUT2D eigenvalue weighted by atomic mass is 79.9. The molecular formula is C20H15BrF6N4O. The number of benzene rings is 1. The average Bonchev–Trinajstić information content (AvgIpc) is 3.11. The van der Waals surface area contributed by atoms with Crippen LogP contribution in [-0.4, -0.2) is 20.7 Å². The summed E-state index contributed by atoms with van der Waals surface area (Å²) in [7, 11) is 0. The second-order valence-corrected chi connectivity index (χ2v) is 7.58. The van der Waals surface area contributed by atoms with E-state index in [1.807, 2.05) is 0 Å². The molecule has 0 fully saturated rings. The fraction of sp³-hybridized carbons (Fsp3) is 0.250. The number of carbonyl (C=O) groups is 1. The summed E-state index contributed by atoms with van der Waals surface area (Å²) in [5.41, 5.74) is -1.20. The summed E-state index contributed by atoms with van der Waals surface area (Å²) in [5, 5.41) is 5.92. The van der Waals surface area contributed by atoms with Crippen molar-refractivity contribution in [1.29, 1.82) is 0 Å². The molecule has 2 aromatic heterocycles. The Morgan fingerprint density at radius 2 is 1.75 bits per heavy atom. The van der Waals surface area contributed by atoms with Gasteiger partial charge in [0.15, 0.2) is 0 Å². The molecule has 0 aliphatic heterocycles. The van der Waals surface area contributed by atoms with Gasteiger partial charge in [-0.3, -0.25) is 14.5 Å². The Morgan fingerprint density at radius 3 is 2.34 bits per heavy atom. The maximum absolute atomic E-state index is 13.6. The first-order valence-electron chi connectivity index (χ1n) is 9.12. The summed E-state index contributed by atoms with van der Waals surface area (Å²) >= 11 is 3.28. The van der Waals surface area contributed by atoms with E-state index in [1.165, 1.54) is 6.20 Å². The highest BCUT2D eigenvalue weighted by Crippen LogP contribution is 2.27. The highest BCUT2D eigenvalue weighted by Gasteiger charge is 2.24. The lowest BCUT2D eigenvalue weighted by Crippen LogP contribution is -2.34. The van der Waals surface area contributed by atoms with Crippen LogP contribution in [0.3, 0.4) is 0 Å². The third kappa shape index (κ3) is 5.87. The molecule has 0 bridgehead atoms. The van der Waals surface area contributed by atoms with Gasteiger partial charge in [0.05, 0.1) is 11.7 Å². The summed E-state index contributed by atoms with van der Waals surface area (Å²) in [6.07, 6.45) is -4.86. The Balaban J connectivity index is 1.86. The third-order valence-corrected chi connectivity index (χ3v) is 5.06. The lowest BCUT2D eigenvalue weighted by atomic mass is 10.0. The van der Waals surface area contributed by atoms with E-state index in [4.69, 9.17) is 0 Å². The summed E-state index contributed by atoms with van der Waals surface area (Å²) in [5.74, 6) is -2.47. The maximum atomic E-state index is 13.6. The van der Waals surface area contributed by atoms with Crippen molar-refractivity contribution in [3.05, 3.63) is 81.3 Å². The van der Waals surface area contributed by atoms with E-state index in [2.05, 4.69) is 31.3 Å². The number of aromatic nitrogens is 3. The maximum Gasteiger partial charge on any atom is 0.282 e. The third-order valence-electron chi connectivity index (χ3n) is 4.38. The van der Waals surface area contributed by atoms with Crippen LogP contribution in [0, 0.1) is 11.6 Å². The predicted molar refractivity (Wildman–Crippen MR) is 105 cm³/mol. The summed E-state index contributed by atoms with van der Waals surface area (Å²) in [4.78, 5) is 16.8. The van der Waals surface area contributed by atoms with Crippen molar-refractivity contribution < 1.29 is 31.1 Å². The first kappa shape index (κ1) is 23.8. The van der Waals surface area contributed by atoms with Crippen molar-refractivity contribution in [2.45, 2.75) is 31.9 Å². The predicted octanol–water partition coefficient (Wildman–Crippen LogP) is 5.29. The number of halogens is 7. The van der Waals surface area contributed by atoms with Crippen LogP contribution in [0.4, 0.5) is 26.3 Å². The van der Waals surface area contributed by atoms with Crippen molar-refractivity contribution in [3.8, 4) is 0 Å². The van der Waals surface area contributed by atoms with Crippen LogP contribution in [0.15, 0.2) is 47.1 Å². The number of hydrogen-bond donors (Lipinski definition) is 1. The van der Waals surface area contributed by atoms with Crippen LogP contribution < -0.4 is 5.32 Å². The Bertz CT molecular complexity index is 1090. The molecule has 0 aliphatic rings. The zero-order chi connectivity index (χ0) is 23.4. The Kier molecular flexibility index (Phi) is 7.54. The standard InChI is InChI=1S/C20H15BrF6N4O/c21-13-2-1-3-28-18(13)14(6-10-4-11(22)7-12(23)5-10)29-17(32)9-31-16(20(26)27)8-15(30-31)19(24)25/h1-5,7-8,14,19-20H,6,9H2,(H,29,32)/t14-/m0/s1. The zero-order valence-corrected chi connectivity index (χ0v) is 17.7. The molecule has 0 unspecified atom stereocenters. The van der Waals surface area contributed by atoms with Crippen molar-refractivity contribution in [3.63, 3.8) is 0 Å². The molecule has 1 amide bonds. The first-order valence-corrected chi connectivity index (χ1v) is 9.92. The van der Waals surface area contributed by atoms with Crippen LogP contribution in [0.2, 0.25) is 0 Å². The van der Waals surface area contributed by atoms with E-state index in [0.717, 1.165) is 12.1 Å². The van der Waals surface area contributed by atoms with Crippen LogP contribution in [0.5, 0.6) is 0 Å². The zero-order valence-electron chi connectivity index (χ0n) is 16.1. The molecule has 1 aromatic carbocycles. The van der Waals surface area contributed by atoms with Crippen LogP contribution >= 0.6 is 15.9 Å². The van der Waals surface area contributed by atoms with Gasteiger partial charge in [-0.2, -0.15) is 5.10 Å². The minimum absolute atomic E-state index is 0.0842. The molecule has 0 saturated carbocycles. The van der Waals surface area contributed by atoms with Gasteiger partial charge in [0.25, 0.3) is 12.9 Å². The molecule has 2 heterocycles. The van der Waals surface area contributed by atoms with Crippen molar-refractivity contribution in [1.82, 2.24) is 20.1 Å².